The molecule has 0 saturated carbocycles. The van der Waals surface area contributed by atoms with Gasteiger partial charge in [0, 0.05) is 17.8 Å². The largest absolute Gasteiger partial charge is 0.501 e. The first-order valence-corrected chi connectivity index (χ1v) is 7.82. The Morgan fingerprint density at radius 2 is 1.67 bits per heavy atom. The fourth-order valence-electron chi connectivity index (χ4n) is 1.61. The van der Waals surface area contributed by atoms with Gasteiger partial charge in [-0.3, -0.25) is 0 Å². The summed E-state index contributed by atoms with van der Waals surface area (Å²) in [4.78, 5) is -0.778. The van der Waals surface area contributed by atoms with Gasteiger partial charge in [0.25, 0.3) is 9.84 Å². The van der Waals surface area contributed by atoms with Crippen molar-refractivity contribution in [1.29, 1.82) is 0 Å². The van der Waals surface area contributed by atoms with Crippen molar-refractivity contribution >= 4 is 15.5 Å². The molecule has 120 valence electrons. The van der Waals surface area contributed by atoms with Crippen molar-refractivity contribution in [2.45, 2.75) is 36.7 Å². The second-order valence-electron chi connectivity index (χ2n) is 5.37. The molecular weight excluding hydrogens is 305 g/mol. The van der Waals surface area contributed by atoms with Crippen molar-refractivity contribution in [1.82, 2.24) is 0 Å². The summed E-state index contributed by atoms with van der Waals surface area (Å²) in [6.45, 7) is 6.13. The summed E-state index contributed by atoms with van der Waals surface area (Å²) in [7, 11) is -5.31. The lowest BCUT2D eigenvalue weighted by Crippen LogP contribution is -2.47. The van der Waals surface area contributed by atoms with Gasteiger partial charge in [-0.25, -0.2) is 8.42 Å². The lowest BCUT2D eigenvalue weighted by Gasteiger charge is -2.34. The number of halogens is 3. The number of sulfone groups is 1. The Labute approximate surface area is 122 Å². The number of anilines is 1. The molecule has 0 aliphatic heterocycles. The van der Waals surface area contributed by atoms with Crippen LogP contribution in [0.2, 0.25) is 0 Å². The number of hydrogen-bond donors (Lipinski definition) is 2. The van der Waals surface area contributed by atoms with Crippen LogP contribution in [0, 0.1) is 5.92 Å². The monoisotopic (exact) mass is 324 g/mol. The van der Waals surface area contributed by atoms with Gasteiger partial charge in [-0.15, -0.1) is 0 Å². The van der Waals surface area contributed by atoms with Crippen LogP contribution in [0.5, 0.6) is 0 Å². The number of nitrogens with one attached hydrogen (secondary N) is 1. The van der Waals surface area contributed by atoms with Gasteiger partial charge in [0.1, 0.15) is 0 Å². The minimum absolute atomic E-state index is 0.182. The molecule has 0 radical (unpaired) electrons. The molecule has 4 nitrogen and oxygen atoms in total. The molecule has 0 fully saturated rings. The number of hydrogen-bond acceptors (Lipinski definition) is 4. The van der Waals surface area contributed by atoms with E-state index in [1.807, 2.05) is 20.8 Å². The Morgan fingerprint density at radius 3 is 2.00 bits per heavy atom. The summed E-state index contributed by atoms with van der Waals surface area (Å²) in [5, 5.41) is 3.12. The molecule has 1 aromatic rings. The van der Waals surface area contributed by atoms with E-state index in [0.29, 0.717) is 12.2 Å². The first-order valence-electron chi connectivity index (χ1n) is 6.34. The maximum atomic E-state index is 12.4. The highest BCUT2D eigenvalue weighted by Gasteiger charge is 2.46. The summed E-state index contributed by atoms with van der Waals surface area (Å²) in [6, 6.07) is 4.47. The summed E-state index contributed by atoms with van der Waals surface area (Å²) in [5.74, 6) is 0.182. The predicted molar refractivity (Wildman–Crippen MR) is 75.6 cm³/mol. The number of rotatable bonds is 5. The van der Waals surface area contributed by atoms with Crippen LogP contribution >= 0.6 is 0 Å². The van der Waals surface area contributed by atoms with Crippen LogP contribution in [0.4, 0.5) is 18.9 Å². The molecule has 3 N–H and O–H groups in total. The molecule has 1 unspecified atom stereocenters. The second kappa shape index (κ2) is 5.84. The highest BCUT2D eigenvalue weighted by Crippen LogP contribution is 2.31. The lowest BCUT2D eigenvalue weighted by atomic mass is 9.88. The van der Waals surface area contributed by atoms with E-state index in [0.717, 1.165) is 12.1 Å². The molecule has 0 spiro atoms. The van der Waals surface area contributed by atoms with Crippen molar-refractivity contribution in [3.8, 4) is 0 Å². The van der Waals surface area contributed by atoms with Gasteiger partial charge >= 0.3 is 5.51 Å². The minimum Gasteiger partial charge on any atom is -0.378 e. The number of nitrogens with two attached hydrogens (primary N) is 1. The van der Waals surface area contributed by atoms with Crippen LogP contribution in [-0.4, -0.2) is 26.0 Å². The van der Waals surface area contributed by atoms with Crippen molar-refractivity contribution in [3.63, 3.8) is 0 Å². The topological polar surface area (TPSA) is 72.2 Å². The molecule has 1 rings (SSSR count). The van der Waals surface area contributed by atoms with Gasteiger partial charge in [0.2, 0.25) is 0 Å². The van der Waals surface area contributed by atoms with Crippen molar-refractivity contribution in [2.75, 3.05) is 11.9 Å². The zero-order valence-electron chi connectivity index (χ0n) is 12.0. The van der Waals surface area contributed by atoms with E-state index in [-0.39, 0.29) is 5.92 Å². The molecule has 8 heteroatoms. The van der Waals surface area contributed by atoms with E-state index in [9.17, 15) is 21.6 Å². The van der Waals surface area contributed by atoms with Gasteiger partial charge in [0.05, 0.1) is 4.90 Å². The zero-order valence-corrected chi connectivity index (χ0v) is 12.8. The van der Waals surface area contributed by atoms with Crippen molar-refractivity contribution in [2.24, 2.45) is 11.7 Å². The first-order chi connectivity index (χ1) is 9.44. The number of alkyl halides is 3. The van der Waals surface area contributed by atoms with Gasteiger partial charge < -0.3 is 11.1 Å². The Hall–Kier alpha value is -1.28. The summed E-state index contributed by atoms with van der Waals surface area (Å²) < 4.78 is 59.8. The van der Waals surface area contributed by atoms with Crippen LogP contribution in [-0.2, 0) is 9.84 Å². The Balaban J connectivity index is 3.05. The van der Waals surface area contributed by atoms with E-state index in [2.05, 4.69) is 5.32 Å². The maximum absolute atomic E-state index is 12.4. The standard InChI is InChI=1S/C13H19F3N2O2S/c1-9(2)12(3,8-17)18-10-4-6-11(7-5-10)21(19,20)13(14,15)16/h4-7,9,18H,8,17H2,1-3H3. The van der Waals surface area contributed by atoms with Crippen LogP contribution < -0.4 is 11.1 Å². The normalized spacial score (nSPS) is 15.8. The molecule has 0 aromatic heterocycles. The van der Waals surface area contributed by atoms with Gasteiger partial charge in [0.15, 0.2) is 0 Å². The summed E-state index contributed by atoms with van der Waals surface area (Å²) in [5.41, 5.74) is 0.477. The zero-order chi connectivity index (χ0) is 16.5. The van der Waals surface area contributed by atoms with E-state index >= 15 is 0 Å². The van der Waals surface area contributed by atoms with E-state index in [1.54, 1.807) is 0 Å². The SMILES string of the molecule is CC(C)C(C)(CN)Nc1ccc(S(=O)(=O)C(F)(F)F)cc1. The number of benzene rings is 1. The molecular formula is C13H19F3N2O2S. The Morgan fingerprint density at radius 1 is 1.19 bits per heavy atom. The Kier molecular flexibility index (Phi) is 4.94. The highest BCUT2D eigenvalue weighted by atomic mass is 32.2. The molecule has 0 aliphatic rings. The second-order valence-corrected chi connectivity index (χ2v) is 7.32. The van der Waals surface area contributed by atoms with Gasteiger partial charge in [-0.2, -0.15) is 13.2 Å². The molecule has 21 heavy (non-hydrogen) atoms. The summed E-state index contributed by atoms with van der Waals surface area (Å²) >= 11 is 0. The van der Waals surface area contributed by atoms with Crippen LogP contribution in [0.25, 0.3) is 0 Å². The van der Waals surface area contributed by atoms with Gasteiger partial charge in [-0.05, 0) is 37.1 Å². The van der Waals surface area contributed by atoms with Crippen LogP contribution in [0.1, 0.15) is 20.8 Å². The van der Waals surface area contributed by atoms with Gasteiger partial charge in [-0.1, -0.05) is 13.8 Å². The molecule has 0 bridgehead atoms. The van der Waals surface area contributed by atoms with E-state index in [4.69, 9.17) is 5.73 Å². The third kappa shape index (κ3) is 3.68. The smallest absolute Gasteiger partial charge is 0.378 e. The van der Waals surface area contributed by atoms with Crippen LogP contribution in [0.15, 0.2) is 29.2 Å². The van der Waals surface area contributed by atoms with Crippen molar-refractivity contribution < 1.29 is 21.6 Å². The third-order valence-electron chi connectivity index (χ3n) is 3.60. The third-order valence-corrected chi connectivity index (χ3v) is 5.10. The predicted octanol–water partition coefficient (Wildman–Crippen LogP) is 2.77. The Bertz CT molecular complexity index is 582. The minimum atomic E-state index is -5.31. The fourth-order valence-corrected chi connectivity index (χ4v) is 2.37. The van der Waals surface area contributed by atoms with E-state index < -0.39 is 25.8 Å². The molecule has 1 atom stereocenters. The molecule has 1 aromatic carbocycles. The summed E-state index contributed by atoms with van der Waals surface area (Å²) in [6.07, 6.45) is 0. The van der Waals surface area contributed by atoms with Crippen molar-refractivity contribution in [3.05, 3.63) is 24.3 Å². The quantitative estimate of drug-likeness (QED) is 0.873. The van der Waals surface area contributed by atoms with E-state index in [1.165, 1.54) is 12.1 Å². The first kappa shape index (κ1) is 17.8. The van der Waals surface area contributed by atoms with Crippen LogP contribution in [0.3, 0.4) is 0 Å². The molecule has 0 heterocycles. The lowest BCUT2D eigenvalue weighted by molar-refractivity contribution is -0.0436. The molecule has 0 aliphatic carbocycles. The highest BCUT2D eigenvalue weighted by molar-refractivity contribution is 7.92. The average molecular weight is 324 g/mol. The maximum Gasteiger partial charge on any atom is 0.501 e. The average Bonchev–Trinajstić information content (AvgIpc) is 2.37. The molecule has 0 saturated heterocycles. The molecule has 0 amide bonds. The fraction of sp³-hybridized carbons (Fsp3) is 0.538.